The first-order chi connectivity index (χ1) is 13.2. The highest BCUT2D eigenvalue weighted by molar-refractivity contribution is 6.03. The molecule has 0 fully saturated rings. The molecular weight excluding hydrogens is 336 g/mol. The van der Waals surface area contributed by atoms with Crippen LogP contribution in [-0.2, 0) is 6.61 Å². The molecule has 27 heavy (non-hydrogen) atoms. The van der Waals surface area contributed by atoms with E-state index >= 15 is 0 Å². The molecule has 4 aromatic carbocycles. The van der Waals surface area contributed by atoms with Gasteiger partial charge in [-0.25, -0.2) is 4.79 Å². The molecule has 0 amide bonds. The fourth-order valence-corrected chi connectivity index (χ4v) is 3.19. The van der Waals surface area contributed by atoms with Gasteiger partial charge in [-0.15, -0.1) is 0 Å². The highest BCUT2D eigenvalue weighted by Crippen LogP contribution is 2.35. The van der Waals surface area contributed by atoms with Crippen LogP contribution in [-0.4, -0.2) is 11.1 Å². The fourth-order valence-electron chi connectivity index (χ4n) is 3.19. The average Bonchev–Trinajstić information content (AvgIpc) is 2.72. The van der Waals surface area contributed by atoms with Gasteiger partial charge in [0.1, 0.15) is 12.4 Å². The Kier molecular flexibility index (Phi) is 4.58. The van der Waals surface area contributed by atoms with Crippen molar-refractivity contribution < 1.29 is 14.6 Å². The first kappa shape index (κ1) is 16.9. The second-order valence-corrected chi connectivity index (χ2v) is 6.32. The van der Waals surface area contributed by atoms with Gasteiger partial charge in [0.15, 0.2) is 0 Å². The van der Waals surface area contributed by atoms with Crippen molar-refractivity contribution in [2.24, 2.45) is 0 Å². The Labute approximate surface area is 157 Å². The van der Waals surface area contributed by atoms with Crippen LogP contribution in [0.5, 0.6) is 5.75 Å². The second-order valence-electron chi connectivity index (χ2n) is 6.32. The van der Waals surface area contributed by atoms with Gasteiger partial charge in [0.2, 0.25) is 0 Å². The van der Waals surface area contributed by atoms with Crippen LogP contribution in [0.25, 0.3) is 21.9 Å². The zero-order chi connectivity index (χ0) is 18.6. The molecule has 0 aromatic heterocycles. The van der Waals surface area contributed by atoms with Crippen LogP contribution in [0.1, 0.15) is 15.9 Å². The third kappa shape index (κ3) is 3.53. The number of benzene rings is 4. The molecule has 0 saturated heterocycles. The standard InChI is InChI=1S/C24H18O3/c25-24(26)22-15-19-11-5-4-10-18(19)14-21(22)20-12-6-7-13-23(20)27-16-17-8-2-1-3-9-17/h1-15H,16H2,(H,25,26). The molecule has 0 radical (unpaired) electrons. The Hall–Kier alpha value is -3.59. The van der Waals surface area contributed by atoms with Gasteiger partial charge in [-0.2, -0.15) is 0 Å². The van der Waals surface area contributed by atoms with Gasteiger partial charge in [0.25, 0.3) is 0 Å². The summed E-state index contributed by atoms with van der Waals surface area (Å²) < 4.78 is 6.03. The van der Waals surface area contributed by atoms with Crippen LogP contribution in [0.4, 0.5) is 0 Å². The summed E-state index contributed by atoms with van der Waals surface area (Å²) in [4.78, 5) is 11.9. The van der Waals surface area contributed by atoms with E-state index in [1.807, 2.05) is 84.9 Å². The third-order valence-electron chi connectivity index (χ3n) is 4.53. The van der Waals surface area contributed by atoms with Crippen LogP contribution in [0, 0.1) is 0 Å². The number of fused-ring (bicyclic) bond motifs is 1. The minimum absolute atomic E-state index is 0.268. The Morgan fingerprint density at radius 1 is 0.741 bits per heavy atom. The highest BCUT2D eigenvalue weighted by Gasteiger charge is 2.16. The molecule has 0 aliphatic carbocycles. The van der Waals surface area contributed by atoms with Gasteiger partial charge in [-0.05, 0) is 34.5 Å². The minimum atomic E-state index is -0.950. The molecule has 132 valence electrons. The SMILES string of the molecule is O=C(O)c1cc2ccccc2cc1-c1ccccc1OCc1ccccc1. The van der Waals surface area contributed by atoms with E-state index in [1.54, 1.807) is 6.07 Å². The van der Waals surface area contributed by atoms with Crippen LogP contribution in [0.3, 0.4) is 0 Å². The van der Waals surface area contributed by atoms with E-state index in [9.17, 15) is 9.90 Å². The van der Waals surface area contributed by atoms with Crippen molar-refractivity contribution in [2.45, 2.75) is 6.61 Å². The molecule has 3 heteroatoms. The summed E-state index contributed by atoms with van der Waals surface area (Å²) in [6.07, 6.45) is 0. The topological polar surface area (TPSA) is 46.5 Å². The van der Waals surface area contributed by atoms with Crippen molar-refractivity contribution in [1.82, 2.24) is 0 Å². The Morgan fingerprint density at radius 2 is 1.37 bits per heavy atom. The van der Waals surface area contributed by atoms with Gasteiger partial charge >= 0.3 is 5.97 Å². The molecule has 0 heterocycles. The van der Waals surface area contributed by atoms with E-state index in [-0.39, 0.29) is 5.56 Å². The summed E-state index contributed by atoms with van der Waals surface area (Å²) in [7, 11) is 0. The van der Waals surface area contributed by atoms with E-state index in [2.05, 4.69) is 0 Å². The summed E-state index contributed by atoms with van der Waals surface area (Å²) in [5.74, 6) is -0.284. The molecule has 3 nitrogen and oxygen atoms in total. The lowest BCUT2D eigenvalue weighted by Gasteiger charge is -2.14. The minimum Gasteiger partial charge on any atom is -0.488 e. The number of carbonyl (C=O) groups is 1. The summed E-state index contributed by atoms with van der Waals surface area (Å²) >= 11 is 0. The number of aromatic carboxylic acids is 1. The lowest BCUT2D eigenvalue weighted by Crippen LogP contribution is -2.02. The van der Waals surface area contributed by atoms with Crippen LogP contribution in [0.2, 0.25) is 0 Å². The number of carboxylic acids is 1. The zero-order valence-corrected chi connectivity index (χ0v) is 14.6. The van der Waals surface area contributed by atoms with Gasteiger partial charge in [-0.1, -0.05) is 72.8 Å². The number of carboxylic acid groups (broad SMARTS) is 1. The highest BCUT2D eigenvalue weighted by atomic mass is 16.5. The fraction of sp³-hybridized carbons (Fsp3) is 0.0417. The number of hydrogen-bond donors (Lipinski definition) is 1. The molecular formula is C24H18O3. The lowest BCUT2D eigenvalue weighted by atomic mass is 9.95. The first-order valence-electron chi connectivity index (χ1n) is 8.74. The molecule has 0 aliphatic heterocycles. The van der Waals surface area contributed by atoms with Crippen LogP contribution in [0.15, 0.2) is 91.0 Å². The van der Waals surface area contributed by atoms with Crippen molar-refractivity contribution >= 4 is 16.7 Å². The molecule has 0 aliphatic rings. The number of para-hydroxylation sites is 1. The molecule has 4 rings (SSSR count). The molecule has 0 atom stereocenters. The second kappa shape index (κ2) is 7.34. The predicted octanol–water partition coefficient (Wildman–Crippen LogP) is 5.78. The molecule has 4 aromatic rings. The van der Waals surface area contributed by atoms with Gasteiger partial charge in [0, 0.05) is 11.1 Å². The van der Waals surface area contributed by atoms with Crippen LogP contribution < -0.4 is 4.74 Å². The predicted molar refractivity (Wildman–Crippen MR) is 107 cm³/mol. The largest absolute Gasteiger partial charge is 0.488 e. The Bertz CT molecular complexity index is 1100. The summed E-state index contributed by atoms with van der Waals surface area (Å²) in [5.41, 5.74) is 2.76. The third-order valence-corrected chi connectivity index (χ3v) is 4.53. The van der Waals surface area contributed by atoms with E-state index < -0.39 is 5.97 Å². The van der Waals surface area contributed by atoms with E-state index in [0.29, 0.717) is 17.9 Å². The molecule has 0 unspecified atom stereocenters. The summed E-state index contributed by atoms with van der Waals surface area (Å²) in [6, 6.07) is 28.9. The normalized spacial score (nSPS) is 10.7. The Balaban J connectivity index is 1.79. The smallest absolute Gasteiger partial charge is 0.336 e. The van der Waals surface area contributed by atoms with Crippen molar-refractivity contribution in [3.8, 4) is 16.9 Å². The monoisotopic (exact) mass is 354 g/mol. The maximum Gasteiger partial charge on any atom is 0.336 e. The molecule has 0 saturated carbocycles. The zero-order valence-electron chi connectivity index (χ0n) is 14.6. The van der Waals surface area contributed by atoms with Crippen molar-refractivity contribution in [1.29, 1.82) is 0 Å². The maximum absolute atomic E-state index is 11.9. The van der Waals surface area contributed by atoms with Gasteiger partial charge in [0.05, 0.1) is 5.56 Å². The number of hydrogen-bond acceptors (Lipinski definition) is 2. The van der Waals surface area contributed by atoms with Crippen LogP contribution >= 0.6 is 0 Å². The molecule has 0 bridgehead atoms. The maximum atomic E-state index is 11.9. The Morgan fingerprint density at radius 3 is 2.11 bits per heavy atom. The van der Waals surface area contributed by atoms with Crippen molar-refractivity contribution in [3.05, 3.63) is 102 Å². The summed E-state index contributed by atoms with van der Waals surface area (Å²) in [5, 5.41) is 11.6. The molecule has 0 spiro atoms. The number of rotatable bonds is 5. The number of ether oxygens (including phenoxy) is 1. The van der Waals surface area contributed by atoms with Gasteiger partial charge in [-0.3, -0.25) is 0 Å². The first-order valence-corrected chi connectivity index (χ1v) is 8.74. The molecule has 1 N–H and O–H groups in total. The lowest BCUT2D eigenvalue weighted by molar-refractivity contribution is 0.0698. The van der Waals surface area contributed by atoms with Gasteiger partial charge < -0.3 is 9.84 Å². The average molecular weight is 354 g/mol. The summed E-state index contributed by atoms with van der Waals surface area (Å²) in [6.45, 7) is 0.424. The van der Waals surface area contributed by atoms with Crippen molar-refractivity contribution in [3.63, 3.8) is 0 Å². The van der Waals surface area contributed by atoms with Crippen molar-refractivity contribution in [2.75, 3.05) is 0 Å². The quantitative estimate of drug-likeness (QED) is 0.494. The van der Waals surface area contributed by atoms with E-state index in [1.165, 1.54) is 0 Å². The van der Waals surface area contributed by atoms with E-state index in [0.717, 1.165) is 21.9 Å². The van der Waals surface area contributed by atoms with E-state index in [4.69, 9.17) is 4.74 Å².